The van der Waals surface area contributed by atoms with Crippen LogP contribution in [-0.2, 0) is 16.1 Å². The number of hydrogen-bond acceptors (Lipinski definition) is 5. The number of rotatable bonds is 5. The van der Waals surface area contributed by atoms with Gasteiger partial charge in [0.05, 0.1) is 7.11 Å². The van der Waals surface area contributed by atoms with E-state index in [2.05, 4.69) is 4.74 Å². The van der Waals surface area contributed by atoms with Crippen molar-refractivity contribution >= 4 is 12.1 Å². The van der Waals surface area contributed by atoms with Crippen LogP contribution < -0.4 is 4.74 Å². The number of aromatic hydroxyl groups is 1. The molecule has 0 aliphatic rings. The van der Waals surface area contributed by atoms with Gasteiger partial charge in [-0.1, -0.05) is 12.1 Å². The molecule has 0 spiro atoms. The van der Waals surface area contributed by atoms with Crippen molar-refractivity contribution in [2.45, 2.75) is 13.5 Å². The molecule has 0 atom stereocenters. The van der Waals surface area contributed by atoms with Gasteiger partial charge in [0.1, 0.15) is 23.9 Å². The van der Waals surface area contributed by atoms with E-state index in [4.69, 9.17) is 4.74 Å². The van der Waals surface area contributed by atoms with Crippen LogP contribution >= 0.6 is 0 Å². The maximum atomic E-state index is 13.3. The molecule has 0 bridgehead atoms. The first kappa shape index (κ1) is 18.3. The van der Waals surface area contributed by atoms with E-state index < -0.39 is 17.9 Å². The molecule has 0 aliphatic heterocycles. The number of hydrogen-bond donors (Lipinski definition) is 1. The first-order valence-electron chi connectivity index (χ1n) is 7.46. The molecule has 7 heteroatoms. The second-order valence-electron chi connectivity index (χ2n) is 5.38. The number of phenolic OH excluding ortho intramolecular Hbond substituents is 1. The molecule has 2 rings (SSSR count). The highest BCUT2D eigenvalue weighted by molar-refractivity contribution is 5.79. The predicted molar refractivity (Wildman–Crippen MR) is 87.7 cm³/mol. The Morgan fingerprint density at radius 1 is 1.16 bits per heavy atom. The summed E-state index contributed by atoms with van der Waals surface area (Å²) < 4.78 is 23.1. The van der Waals surface area contributed by atoms with Crippen molar-refractivity contribution in [3.05, 3.63) is 59.4 Å². The third kappa shape index (κ3) is 5.20. The number of carbonyl (C=O) groups is 2. The Bertz CT molecular complexity index is 761. The summed E-state index contributed by atoms with van der Waals surface area (Å²) in [5.74, 6) is -0.751. The van der Waals surface area contributed by atoms with E-state index in [1.165, 1.54) is 37.4 Å². The normalized spacial score (nSPS) is 10.2. The van der Waals surface area contributed by atoms with Crippen molar-refractivity contribution < 1.29 is 28.6 Å². The zero-order chi connectivity index (χ0) is 18.4. The largest absolute Gasteiger partial charge is 0.508 e. The molecule has 1 N–H and O–H groups in total. The number of benzene rings is 2. The summed E-state index contributed by atoms with van der Waals surface area (Å²) >= 11 is 0. The van der Waals surface area contributed by atoms with Crippen LogP contribution in [0, 0.1) is 12.7 Å². The lowest BCUT2D eigenvalue weighted by Crippen LogP contribution is -2.37. The quantitative estimate of drug-likeness (QED) is 0.842. The van der Waals surface area contributed by atoms with Gasteiger partial charge < -0.3 is 14.6 Å². The Kier molecular flexibility index (Phi) is 5.94. The smallest absolute Gasteiger partial charge is 0.416 e. The van der Waals surface area contributed by atoms with Crippen LogP contribution in [0.25, 0.3) is 0 Å². The minimum absolute atomic E-state index is 0.0778. The highest BCUT2D eigenvalue weighted by Crippen LogP contribution is 2.18. The van der Waals surface area contributed by atoms with E-state index in [1.54, 1.807) is 19.1 Å². The van der Waals surface area contributed by atoms with Crippen LogP contribution in [0.5, 0.6) is 11.5 Å². The molecule has 0 radical (unpaired) electrons. The number of aryl methyl sites for hydroxylation is 1. The number of amides is 1. The fourth-order valence-corrected chi connectivity index (χ4v) is 2.07. The van der Waals surface area contributed by atoms with Crippen LogP contribution in [0.15, 0.2) is 42.5 Å². The minimum atomic E-state index is -0.774. The fraction of sp³-hybridized carbons (Fsp3) is 0.222. The average Bonchev–Trinajstić information content (AvgIpc) is 2.59. The summed E-state index contributed by atoms with van der Waals surface area (Å²) in [5.41, 5.74) is 1.03. The number of esters is 1. The Hall–Kier alpha value is -3.09. The number of methoxy groups -OCH3 is 1. The van der Waals surface area contributed by atoms with E-state index in [-0.39, 0.29) is 24.6 Å². The third-order valence-electron chi connectivity index (χ3n) is 3.45. The standard InChI is InChI=1S/C18H18FNO5/c1-12-9-15(7-8-16(12)19)25-18(23)20(11-17(22)24-2)10-13-3-5-14(21)6-4-13/h3-9,21H,10-11H2,1-2H3. The zero-order valence-corrected chi connectivity index (χ0v) is 13.9. The molecule has 1 amide bonds. The van der Waals surface area contributed by atoms with Crippen molar-refractivity contribution in [3.63, 3.8) is 0 Å². The first-order chi connectivity index (χ1) is 11.9. The van der Waals surface area contributed by atoms with Crippen molar-refractivity contribution in [3.8, 4) is 11.5 Å². The van der Waals surface area contributed by atoms with Crippen LogP contribution in [-0.4, -0.2) is 35.7 Å². The van der Waals surface area contributed by atoms with Crippen LogP contribution in [0.1, 0.15) is 11.1 Å². The maximum absolute atomic E-state index is 13.3. The first-order valence-corrected chi connectivity index (χ1v) is 7.46. The van der Waals surface area contributed by atoms with Gasteiger partial charge in [0, 0.05) is 6.54 Å². The zero-order valence-electron chi connectivity index (χ0n) is 13.9. The Balaban J connectivity index is 2.15. The second kappa shape index (κ2) is 8.14. The number of halogens is 1. The van der Waals surface area contributed by atoms with Crippen LogP contribution in [0.2, 0.25) is 0 Å². The van der Waals surface area contributed by atoms with Gasteiger partial charge in [0.2, 0.25) is 0 Å². The number of carbonyl (C=O) groups excluding carboxylic acids is 2. The van der Waals surface area contributed by atoms with E-state index in [1.807, 2.05) is 0 Å². The second-order valence-corrected chi connectivity index (χ2v) is 5.38. The molecule has 0 saturated heterocycles. The fourth-order valence-electron chi connectivity index (χ4n) is 2.07. The van der Waals surface area contributed by atoms with Gasteiger partial charge in [0.15, 0.2) is 0 Å². The molecule has 0 heterocycles. The summed E-state index contributed by atoms with van der Waals surface area (Å²) in [4.78, 5) is 25.1. The van der Waals surface area contributed by atoms with Crippen LogP contribution in [0.4, 0.5) is 9.18 Å². The van der Waals surface area contributed by atoms with Gasteiger partial charge in [0.25, 0.3) is 0 Å². The van der Waals surface area contributed by atoms with Crippen LogP contribution in [0.3, 0.4) is 0 Å². The summed E-state index contributed by atoms with van der Waals surface area (Å²) in [5, 5.41) is 9.32. The van der Waals surface area contributed by atoms with Gasteiger partial charge in [-0.25, -0.2) is 9.18 Å². The summed E-state index contributed by atoms with van der Waals surface area (Å²) in [6.45, 7) is 1.32. The SMILES string of the molecule is COC(=O)CN(Cc1ccc(O)cc1)C(=O)Oc1ccc(F)c(C)c1. The van der Waals surface area contributed by atoms with Crippen molar-refractivity contribution in [1.29, 1.82) is 0 Å². The summed E-state index contributed by atoms with van der Waals surface area (Å²) in [6, 6.07) is 10.1. The third-order valence-corrected chi connectivity index (χ3v) is 3.45. The number of phenols is 1. The molecule has 132 valence electrons. The Morgan fingerprint density at radius 2 is 1.84 bits per heavy atom. The molecule has 2 aromatic carbocycles. The van der Waals surface area contributed by atoms with Gasteiger partial charge >= 0.3 is 12.1 Å². The van der Waals surface area contributed by atoms with E-state index in [0.717, 1.165) is 4.90 Å². The molecule has 0 aliphatic carbocycles. The van der Waals surface area contributed by atoms with Gasteiger partial charge in [-0.2, -0.15) is 0 Å². The van der Waals surface area contributed by atoms with Crippen molar-refractivity contribution in [2.75, 3.05) is 13.7 Å². The topological polar surface area (TPSA) is 76.1 Å². The Labute approximate surface area is 144 Å². The van der Waals surface area contributed by atoms with Gasteiger partial charge in [-0.05, 0) is 48.4 Å². The maximum Gasteiger partial charge on any atom is 0.416 e. The molecular weight excluding hydrogens is 329 g/mol. The number of nitrogens with zero attached hydrogens (tertiary/aromatic N) is 1. The molecule has 0 unspecified atom stereocenters. The van der Waals surface area contributed by atoms with Crippen molar-refractivity contribution in [2.24, 2.45) is 0 Å². The molecule has 0 saturated carbocycles. The van der Waals surface area contributed by atoms with E-state index >= 15 is 0 Å². The molecule has 25 heavy (non-hydrogen) atoms. The lowest BCUT2D eigenvalue weighted by atomic mass is 10.2. The molecule has 2 aromatic rings. The monoisotopic (exact) mass is 347 g/mol. The average molecular weight is 347 g/mol. The number of ether oxygens (including phenoxy) is 2. The lowest BCUT2D eigenvalue weighted by molar-refractivity contribution is -0.141. The lowest BCUT2D eigenvalue weighted by Gasteiger charge is -2.21. The van der Waals surface area contributed by atoms with Crippen molar-refractivity contribution in [1.82, 2.24) is 4.90 Å². The highest BCUT2D eigenvalue weighted by Gasteiger charge is 2.20. The van der Waals surface area contributed by atoms with E-state index in [9.17, 15) is 19.1 Å². The summed E-state index contributed by atoms with van der Waals surface area (Å²) in [6.07, 6.45) is -0.774. The molecular formula is C18H18FNO5. The molecule has 6 nitrogen and oxygen atoms in total. The van der Waals surface area contributed by atoms with Gasteiger partial charge in [-0.3, -0.25) is 9.69 Å². The Morgan fingerprint density at radius 3 is 2.44 bits per heavy atom. The van der Waals surface area contributed by atoms with E-state index in [0.29, 0.717) is 11.1 Å². The summed E-state index contributed by atoms with van der Waals surface area (Å²) in [7, 11) is 1.22. The van der Waals surface area contributed by atoms with Gasteiger partial charge in [-0.15, -0.1) is 0 Å². The molecule has 0 aromatic heterocycles. The predicted octanol–water partition coefficient (Wildman–Crippen LogP) is 3.01. The highest BCUT2D eigenvalue weighted by atomic mass is 19.1. The molecule has 0 fully saturated rings. The minimum Gasteiger partial charge on any atom is -0.508 e.